The van der Waals surface area contributed by atoms with Gasteiger partial charge in [0.15, 0.2) is 0 Å². The van der Waals surface area contributed by atoms with E-state index >= 15 is 0 Å². The maximum Gasteiger partial charge on any atom is 0.253 e. The lowest BCUT2D eigenvalue weighted by Gasteiger charge is -2.36. The Labute approximate surface area is 155 Å². The molecule has 1 fully saturated rings. The predicted molar refractivity (Wildman–Crippen MR) is 102 cm³/mol. The maximum absolute atomic E-state index is 12.7. The van der Waals surface area contributed by atoms with Crippen LogP contribution in [-0.2, 0) is 4.79 Å². The van der Waals surface area contributed by atoms with Gasteiger partial charge in [-0.1, -0.05) is 20.8 Å². The number of carbonyl (C=O) groups is 2. The average molecular weight is 353 g/mol. The molecule has 2 heterocycles. The van der Waals surface area contributed by atoms with Gasteiger partial charge in [-0.2, -0.15) is 0 Å². The van der Waals surface area contributed by atoms with Crippen molar-refractivity contribution in [1.82, 2.24) is 14.4 Å². The number of piperazine rings is 1. The van der Waals surface area contributed by atoms with Crippen molar-refractivity contribution in [3.63, 3.8) is 0 Å². The Bertz CT molecular complexity index is 750. The zero-order valence-electron chi connectivity index (χ0n) is 15.8. The van der Waals surface area contributed by atoms with E-state index in [9.17, 15) is 9.59 Å². The molecule has 5 nitrogen and oxygen atoms in total. The molecule has 0 atom stereocenters. The van der Waals surface area contributed by atoms with Gasteiger partial charge >= 0.3 is 0 Å². The molecule has 1 saturated heterocycles. The van der Waals surface area contributed by atoms with Crippen molar-refractivity contribution < 1.29 is 9.59 Å². The fourth-order valence-corrected chi connectivity index (χ4v) is 3.19. The molecule has 2 amide bonds. The Hall–Kier alpha value is -2.56. The standard InChI is InChI=1S/C21H27N3O2/c1-21(2,3)16-19(25)23-12-14-24(15-13-23)20(26)17-6-8-18(9-7-17)22-10-4-5-11-22/h4-11H,12-16H2,1-3H3. The van der Waals surface area contributed by atoms with Crippen LogP contribution >= 0.6 is 0 Å². The summed E-state index contributed by atoms with van der Waals surface area (Å²) in [6, 6.07) is 11.6. The van der Waals surface area contributed by atoms with Crippen LogP contribution in [0.5, 0.6) is 0 Å². The summed E-state index contributed by atoms with van der Waals surface area (Å²) in [6.07, 6.45) is 4.50. The lowest BCUT2D eigenvalue weighted by Crippen LogP contribution is -2.51. The number of carbonyl (C=O) groups excluding carboxylic acids is 2. The summed E-state index contributed by atoms with van der Waals surface area (Å²) in [5.74, 6) is 0.215. The van der Waals surface area contributed by atoms with Crippen LogP contribution in [0.15, 0.2) is 48.8 Å². The molecule has 0 saturated carbocycles. The van der Waals surface area contributed by atoms with Gasteiger partial charge in [-0.3, -0.25) is 9.59 Å². The number of rotatable bonds is 3. The van der Waals surface area contributed by atoms with E-state index in [-0.39, 0.29) is 17.2 Å². The second-order valence-electron chi connectivity index (χ2n) is 8.05. The average Bonchev–Trinajstić information content (AvgIpc) is 3.14. The van der Waals surface area contributed by atoms with Crippen LogP contribution in [0.1, 0.15) is 37.6 Å². The number of nitrogens with zero attached hydrogens (tertiary/aromatic N) is 3. The summed E-state index contributed by atoms with van der Waals surface area (Å²) in [5, 5.41) is 0. The highest BCUT2D eigenvalue weighted by molar-refractivity contribution is 5.94. The quantitative estimate of drug-likeness (QED) is 0.851. The molecule has 1 aromatic carbocycles. The highest BCUT2D eigenvalue weighted by Crippen LogP contribution is 2.21. The van der Waals surface area contributed by atoms with Crippen molar-refractivity contribution in [3.8, 4) is 5.69 Å². The molecule has 1 aromatic heterocycles. The second kappa shape index (κ2) is 7.36. The van der Waals surface area contributed by atoms with Crippen LogP contribution in [0, 0.1) is 5.41 Å². The summed E-state index contributed by atoms with van der Waals surface area (Å²) in [5.41, 5.74) is 1.71. The van der Waals surface area contributed by atoms with Gasteiger partial charge in [0, 0.05) is 56.2 Å². The maximum atomic E-state index is 12.7. The van der Waals surface area contributed by atoms with Crippen LogP contribution in [0.3, 0.4) is 0 Å². The molecular weight excluding hydrogens is 326 g/mol. The van der Waals surface area contributed by atoms with Crippen LogP contribution in [0.4, 0.5) is 0 Å². The SMILES string of the molecule is CC(C)(C)CC(=O)N1CCN(C(=O)c2ccc(-n3cccc3)cc2)CC1. The zero-order valence-corrected chi connectivity index (χ0v) is 15.8. The molecule has 138 valence electrons. The van der Waals surface area contributed by atoms with E-state index in [1.807, 2.05) is 63.2 Å². The Kier molecular flexibility index (Phi) is 5.16. The molecule has 2 aromatic rings. The highest BCUT2D eigenvalue weighted by atomic mass is 16.2. The first kappa shape index (κ1) is 18.2. The molecular formula is C21H27N3O2. The molecule has 0 bridgehead atoms. The first-order valence-electron chi connectivity index (χ1n) is 9.14. The van der Waals surface area contributed by atoms with E-state index in [2.05, 4.69) is 20.8 Å². The first-order valence-corrected chi connectivity index (χ1v) is 9.14. The molecule has 5 heteroatoms. The highest BCUT2D eigenvalue weighted by Gasteiger charge is 2.27. The van der Waals surface area contributed by atoms with Crippen molar-refractivity contribution in [3.05, 3.63) is 54.4 Å². The smallest absolute Gasteiger partial charge is 0.253 e. The fraction of sp³-hybridized carbons (Fsp3) is 0.429. The number of hydrogen-bond acceptors (Lipinski definition) is 2. The van der Waals surface area contributed by atoms with E-state index in [0.717, 1.165) is 5.69 Å². The summed E-state index contributed by atoms with van der Waals surface area (Å²) < 4.78 is 2.01. The van der Waals surface area contributed by atoms with Crippen molar-refractivity contribution in [2.24, 2.45) is 5.41 Å². The molecule has 0 unspecified atom stereocenters. The Morgan fingerprint density at radius 1 is 0.885 bits per heavy atom. The van der Waals surface area contributed by atoms with Crippen molar-refractivity contribution in [2.45, 2.75) is 27.2 Å². The van der Waals surface area contributed by atoms with Gasteiger partial charge in [-0.25, -0.2) is 0 Å². The minimum absolute atomic E-state index is 0.00843. The molecule has 3 rings (SSSR count). The van der Waals surface area contributed by atoms with Gasteiger partial charge < -0.3 is 14.4 Å². The van der Waals surface area contributed by atoms with E-state index in [1.165, 1.54) is 0 Å². The third kappa shape index (κ3) is 4.34. The summed E-state index contributed by atoms with van der Waals surface area (Å²) >= 11 is 0. The summed E-state index contributed by atoms with van der Waals surface area (Å²) in [7, 11) is 0. The minimum Gasteiger partial charge on any atom is -0.339 e. The zero-order chi connectivity index (χ0) is 18.7. The topological polar surface area (TPSA) is 45.6 Å². The Balaban J connectivity index is 1.57. The molecule has 0 radical (unpaired) electrons. The van der Waals surface area contributed by atoms with Crippen molar-refractivity contribution in [2.75, 3.05) is 26.2 Å². The summed E-state index contributed by atoms with van der Waals surface area (Å²) in [6.45, 7) is 8.62. The normalized spacial score (nSPS) is 15.2. The Morgan fingerprint density at radius 3 is 1.96 bits per heavy atom. The van der Waals surface area contributed by atoms with Gasteiger partial charge in [-0.15, -0.1) is 0 Å². The van der Waals surface area contributed by atoms with Gasteiger partial charge in [0.05, 0.1) is 0 Å². The van der Waals surface area contributed by atoms with Gasteiger partial charge in [-0.05, 0) is 41.8 Å². The Morgan fingerprint density at radius 2 is 1.42 bits per heavy atom. The molecule has 0 N–H and O–H groups in total. The van der Waals surface area contributed by atoms with Gasteiger partial charge in [0.25, 0.3) is 5.91 Å². The molecule has 26 heavy (non-hydrogen) atoms. The third-order valence-electron chi connectivity index (χ3n) is 4.62. The van der Waals surface area contributed by atoms with Crippen molar-refractivity contribution in [1.29, 1.82) is 0 Å². The summed E-state index contributed by atoms with van der Waals surface area (Å²) in [4.78, 5) is 28.8. The van der Waals surface area contributed by atoms with Gasteiger partial charge in [0.1, 0.15) is 0 Å². The molecule has 0 spiro atoms. The number of aromatic nitrogens is 1. The van der Waals surface area contributed by atoms with E-state index in [0.29, 0.717) is 38.2 Å². The van der Waals surface area contributed by atoms with E-state index in [1.54, 1.807) is 0 Å². The lowest BCUT2D eigenvalue weighted by atomic mass is 9.91. The first-order chi connectivity index (χ1) is 12.3. The molecule has 0 aliphatic carbocycles. The van der Waals surface area contributed by atoms with Gasteiger partial charge in [0.2, 0.25) is 5.91 Å². The van der Waals surface area contributed by atoms with Crippen LogP contribution < -0.4 is 0 Å². The number of amides is 2. The molecule has 1 aliphatic heterocycles. The number of benzene rings is 1. The monoisotopic (exact) mass is 353 g/mol. The third-order valence-corrected chi connectivity index (χ3v) is 4.62. The van der Waals surface area contributed by atoms with Crippen molar-refractivity contribution >= 4 is 11.8 Å². The largest absolute Gasteiger partial charge is 0.339 e. The second-order valence-corrected chi connectivity index (χ2v) is 8.05. The van der Waals surface area contributed by atoms with E-state index in [4.69, 9.17) is 0 Å². The fourth-order valence-electron chi connectivity index (χ4n) is 3.19. The van der Waals surface area contributed by atoms with Crippen LogP contribution in [-0.4, -0.2) is 52.4 Å². The minimum atomic E-state index is -0.00843. The number of hydrogen-bond donors (Lipinski definition) is 0. The lowest BCUT2D eigenvalue weighted by molar-refractivity contribution is -0.134. The van der Waals surface area contributed by atoms with Crippen LogP contribution in [0.2, 0.25) is 0 Å². The molecule has 1 aliphatic rings. The van der Waals surface area contributed by atoms with Crippen LogP contribution in [0.25, 0.3) is 5.69 Å². The predicted octanol–water partition coefficient (Wildman–Crippen LogP) is 3.20. The van der Waals surface area contributed by atoms with E-state index < -0.39 is 0 Å².